The zero-order chi connectivity index (χ0) is 12.8. The topological polar surface area (TPSA) is 38.3 Å². The van der Waals surface area contributed by atoms with Crippen molar-refractivity contribution in [3.05, 3.63) is 35.4 Å². The first-order chi connectivity index (χ1) is 8.78. The van der Waals surface area contributed by atoms with Crippen molar-refractivity contribution in [3.63, 3.8) is 0 Å². The number of carbonyl (C=O) groups excluding carboxylic acids is 1. The summed E-state index contributed by atoms with van der Waals surface area (Å²) < 4.78 is 5.02. The lowest BCUT2D eigenvalue weighted by atomic mass is 10.0. The van der Waals surface area contributed by atoms with Crippen LogP contribution in [-0.2, 0) is 22.4 Å². The van der Waals surface area contributed by atoms with Crippen LogP contribution in [0, 0.1) is 0 Å². The van der Waals surface area contributed by atoms with Gasteiger partial charge in [-0.05, 0) is 24.0 Å². The monoisotopic (exact) mass is 247 g/mol. The first kappa shape index (κ1) is 13.1. The molecule has 0 saturated carbocycles. The van der Waals surface area contributed by atoms with E-state index in [-0.39, 0.29) is 11.9 Å². The fourth-order valence-electron chi connectivity index (χ4n) is 1.99. The van der Waals surface area contributed by atoms with E-state index in [0.717, 1.165) is 12.0 Å². The van der Waals surface area contributed by atoms with Crippen molar-refractivity contribution < 1.29 is 9.53 Å². The largest absolute Gasteiger partial charge is 0.377 e. The van der Waals surface area contributed by atoms with Crippen LogP contribution in [0.4, 0.5) is 0 Å². The number of rotatable bonds is 6. The molecule has 1 N–H and O–H groups in total. The van der Waals surface area contributed by atoms with E-state index in [0.29, 0.717) is 19.6 Å². The Morgan fingerprint density at radius 3 is 2.50 bits per heavy atom. The molecule has 0 spiro atoms. The Morgan fingerprint density at radius 2 is 1.94 bits per heavy atom. The van der Waals surface area contributed by atoms with Gasteiger partial charge in [0.25, 0.3) is 0 Å². The fourth-order valence-corrected chi connectivity index (χ4v) is 1.99. The minimum absolute atomic E-state index is 0.0876. The van der Waals surface area contributed by atoms with Gasteiger partial charge in [0.2, 0.25) is 5.91 Å². The van der Waals surface area contributed by atoms with Crippen molar-refractivity contribution in [1.29, 1.82) is 0 Å². The molecule has 98 valence electrons. The van der Waals surface area contributed by atoms with Crippen LogP contribution in [0.2, 0.25) is 0 Å². The minimum atomic E-state index is 0.0876. The SMILES string of the molecule is CCCCc1ccc(CC(=O)NC2COC2)cc1. The molecule has 2 rings (SSSR count). The maximum absolute atomic E-state index is 11.7. The smallest absolute Gasteiger partial charge is 0.224 e. The van der Waals surface area contributed by atoms with Gasteiger partial charge in [-0.1, -0.05) is 37.6 Å². The van der Waals surface area contributed by atoms with Crippen molar-refractivity contribution >= 4 is 5.91 Å². The number of nitrogens with one attached hydrogen (secondary N) is 1. The molecule has 0 radical (unpaired) electrons. The maximum atomic E-state index is 11.7. The standard InChI is InChI=1S/C15H21NO2/c1-2-3-4-12-5-7-13(8-6-12)9-15(17)16-14-10-18-11-14/h5-8,14H,2-4,9-11H2,1H3,(H,16,17). The highest BCUT2D eigenvalue weighted by atomic mass is 16.5. The molecule has 18 heavy (non-hydrogen) atoms. The van der Waals surface area contributed by atoms with Crippen LogP contribution in [0.5, 0.6) is 0 Å². The van der Waals surface area contributed by atoms with Gasteiger partial charge in [0.15, 0.2) is 0 Å². The second-order valence-corrected chi connectivity index (χ2v) is 4.90. The van der Waals surface area contributed by atoms with E-state index in [1.807, 2.05) is 0 Å². The Kier molecular flexibility index (Phi) is 4.76. The van der Waals surface area contributed by atoms with E-state index < -0.39 is 0 Å². The Hall–Kier alpha value is -1.35. The zero-order valence-electron chi connectivity index (χ0n) is 10.9. The van der Waals surface area contributed by atoms with Gasteiger partial charge in [-0.3, -0.25) is 4.79 Å². The van der Waals surface area contributed by atoms with Gasteiger partial charge in [-0.25, -0.2) is 0 Å². The zero-order valence-corrected chi connectivity index (χ0v) is 10.9. The minimum Gasteiger partial charge on any atom is -0.377 e. The highest BCUT2D eigenvalue weighted by Gasteiger charge is 2.20. The molecule has 0 unspecified atom stereocenters. The molecule has 1 fully saturated rings. The number of ether oxygens (including phenoxy) is 1. The maximum Gasteiger partial charge on any atom is 0.224 e. The molecule has 3 nitrogen and oxygen atoms in total. The molecule has 0 bridgehead atoms. The van der Waals surface area contributed by atoms with Crippen LogP contribution >= 0.6 is 0 Å². The normalized spacial score (nSPS) is 15.2. The molecule has 3 heteroatoms. The molecule has 1 saturated heterocycles. The summed E-state index contributed by atoms with van der Waals surface area (Å²) in [6.45, 7) is 3.51. The van der Waals surface area contributed by atoms with Crippen LogP contribution in [0.1, 0.15) is 30.9 Å². The molecule has 0 aromatic heterocycles. The fraction of sp³-hybridized carbons (Fsp3) is 0.533. The predicted octanol–water partition coefficient (Wildman–Crippen LogP) is 2.09. The molecule has 1 amide bonds. The second kappa shape index (κ2) is 6.55. The Labute approximate surface area is 109 Å². The van der Waals surface area contributed by atoms with Crippen molar-refractivity contribution in [2.24, 2.45) is 0 Å². The van der Waals surface area contributed by atoms with Crippen molar-refractivity contribution in [2.45, 2.75) is 38.6 Å². The summed E-state index contributed by atoms with van der Waals surface area (Å²) in [5, 5.41) is 2.95. The predicted molar refractivity (Wildman–Crippen MR) is 71.5 cm³/mol. The molecule has 1 heterocycles. The highest BCUT2D eigenvalue weighted by Crippen LogP contribution is 2.09. The van der Waals surface area contributed by atoms with Crippen LogP contribution in [0.15, 0.2) is 24.3 Å². The van der Waals surface area contributed by atoms with Gasteiger partial charge in [0.1, 0.15) is 0 Å². The van der Waals surface area contributed by atoms with Crippen LogP contribution in [-0.4, -0.2) is 25.2 Å². The first-order valence-corrected chi connectivity index (χ1v) is 6.73. The summed E-state index contributed by atoms with van der Waals surface area (Å²) in [4.78, 5) is 11.7. The number of carbonyl (C=O) groups is 1. The van der Waals surface area contributed by atoms with E-state index >= 15 is 0 Å². The van der Waals surface area contributed by atoms with Crippen LogP contribution in [0.25, 0.3) is 0 Å². The Bertz CT molecular complexity index is 382. The average Bonchev–Trinajstić information content (AvgIpc) is 2.33. The molecule has 1 aliphatic heterocycles. The Morgan fingerprint density at radius 1 is 1.28 bits per heavy atom. The van der Waals surface area contributed by atoms with Gasteiger partial charge >= 0.3 is 0 Å². The molecule has 1 aliphatic rings. The van der Waals surface area contributed by atoms with E-state index in [9.17, 15) is 4.79 Å². The molecule has 1 aromatic carbocycles. The van der Waals surface area contributed by atoms with Gasteiger partial charge in [-0.2, -0.15) is 0 Å². The van der Waals surface area contributed by atoms with Gasteiger partial charge in [-0.15, -0.1) is 0 Å². The van der Waals surface area contributed by atoms with Crippen molar-refractivity contribution in [1.82, 2.24) is 5.32 Å². The van der Waals surface area contributed by atoms with E-state index in [1.165, 1.54) is 18.4 Å². The summed E-state index contributed by atoms with van der Waals surface area (Å²) in [6, 6.07) is 8.60. The third-order valence-electron chi connectivity index (χ3n) is 3.21. The van der Waals surface area contributed by atoms with Gasteiger partial charge < -0.3 is 10.1 Å². The highest BCUT2D eigenvalue weighted by molar-refractivity contribution is 5.78. The van der Waals surface area contributed by atoms with Crippen molar-refractivity contribution in [2.75, 3.05) is 13.2 Å². The quantitative estimate of drug-likeness (QED) is 0.836. The second-order valence-electron chi connectivity index (χ2n) is 4.90. The summed E-state index contributed by atoms with van der Waals surface area (Å²) in [6.07, 6.45) is 4.03. The number of hydrogen-bond donors (Lipinski definition) is 1. The third-order valence-corrected chi connectivity index (χ3v) is 3.21. The molecule has 0 aliphatic carbocycles. The summed E-state index contributed by atoms with van der Waals surface area (Å²) in [5.41, 5.74) is 2.43. The Balaban J connectivity index is 1.79. The summed E-state index contributed by atoms with van der Waals surface area (Å²) >= 11 is 0. The average molecular weight is 247 g/mol. The molecule has 0 atom stereocenters. The van der Waals surface area contributed by atoms with Gasteiger partial charge in [0, 0.05) is 0 Å². The number of aryl methyl sites for hydroxylation is 1. The number of benzene rings is 1. The lowest BCUT2D eigenvalue weighted by Crippen LogP contribution is -2.49. The van der Waals surface area contributed by atoms with Gasteiger partial charge in [0.05, 0.1) is 25.7 Å². The lowest BCUT2D eigenvalue weighted by molar-refractivity contribution is -0.124. The summed E-state index contributed by atoms with van der Waals surface area (Å²) in [7, 11) is 0. The summed E-state index contributed by atoms with van der Waals surface area (Å²) in [5.74, 6) is 0.0876. The first-order valence-electron chi connectivity index (χ1n) is 6.73. The van der Waals surface area contributed by atoms with Crippen LogP contribution < -0.4 is 5.32 Å². The lowest BCUT2D eigenvalue weighted by Gasteiger charge is -2.26. The van der Waals surface area contributed by atoms with E-state index in [2.05, 4.69) is 36.5 Å². The van der Waals surface area contributed by atoms with Crippen molar-refractivity contribution in [3.8, 4) is 0 Å². The molecule has 1 aromatic rings. The number of amides is 1. The molecular weight excluding hydrogens is 226 g/mol. The van der Waals surface area contributed by atoms with E-state index in [4.69, 9.17) is 4.74 Å². The van der Waals surface area contributed by atoms with Crippen LogP contribution in [0.3, 0.4) is 0 Å². The number of hydrogen-bond acceptors (Lipinski definition) is 2. The molecular formula is C15H21NO2. The third kappa shape index (κ3) is 3.84. The van der Waals surface area contributed by atoms with E-state index in [1.54, 1.807) is 0 Å². The number of unbranched alkanes of at least 4 members (excludes halogenated alkanes) is 1.